The Morgan fingerprint density at radius 1 is 1.16 bits per heavy atom. The molecule has 128 valence electrons. The first-order chi connectivity index (χ1) is 12.1. The van der Waals surface area contributed by atoms with E-state index in [4.69, 9.17) is 19.0 Å². The van der Waals surface area contributed by atoms with Crippen molar-refractivity contribution >= 4 is 5.97 Å². The molecule has 6 heteroatoms. The minimum atomic E-state index is -0.973. The van der Waals surface area contributed by atoms with Crippen molar-refractivity contribution in [3.63, 3.8) is 0 Å². The highest BCUT2D eigenvalue weighted by Gasteiger charge is 2.15. The van der Waals surface area contributed by atoms with E-state index in [-0.39, 0.29) is 12.2 Å². The molecule has 0 saturated heterocycles. The molecule has 3 rings (SSSR count). The van der Waals surface area contributed by atoms with Gasteiger partial charge in [0.25, 0.3) is 0 Å². The minimum absolute atomic E-state index is 0.195. The molecule has 0 spiro atoms. The number of carbonyl (C=O) groups is 1. The molecule has 0 atom stereocenters. The Morgan fingerprint density at radius 2 is 1.88 bits per heavy atom. The van der Waals surface area contributed by atoms with Gasteiger partial charge in [-0.2, -0.15) is 0 Å². The van der Waals surface area contributed by atoms with Gasteiger partial charge < -0.3 is 19.0 Å². The second-order valence-corrected chi connectivity index (χ2v) is 5.35. The van der Waals surface area contributed by atoms with Gasteiger partial charge in [-0.05, 0) is 43.3 Å². The predicted molar refractivity (Wildman–Crippen MR) is 91.0 cm³/mol. The standard InChI is InChI=1S/C19H17NO5/c1-12-17(11-24-14-9-7-13(8-10-14)19(21)22)25-18(20-12)15-5-3-4-6-16(15)23-2/h3-10H,11H2,1-2H3,(H,21,22). The summed E-state index contributed by atoms with van der Waals surface area (Å²) < 4.78 is 16.8. The minimum Gasteiger partial charge on any atom is -0.496 e. The second-order valence-electron chi connectivity index (χ2n) is 5.35. The Kier molecular flexibility index (Phi) is 4.70. The highest BCUT2D eigenvalue weighted by molar-refractivity contribution is 5.87. The molecule has 1 aromatic heterocycles. The van der Waals surface area contributed by atoms with Crippen LogP contribution in [-0.4, -0.2) is 23.2 Å². The van der Waals surface area contributed by atoms with Crippen molar-refractivity contribution in [3.05, 3.63) is 65.5 Å². The molecule has 0 aliphatic heterocycles. The predicted octanol–water partition coefficient (Wildman–Crippen LogP) is 3.94. The lowest BCUT2D eigenvalue weighted by Crippen LogP contribution is -1.98. The molecule has 0 saturated carbocycles. The van der Waals surface area contributed by atoms with Crippen LogP contribution in [0.1, 0.15) is 21.8 Å². The molecule has 0 bridgehead atoms. The van der Waals surface area contributed by atoms with E-state index in [2.05, 4.69) is 4.98 Å². The molecule has 0 aliphatic carbocycles. The van der Waals surface area contributed by atoms with Gasteiger partial charge in [-0.15, -0.1) is 0 Å². The summed E-state index contributed by atoms with van der Waals surface area (Å²) >= 11 is 0. The van der Waals surface area contributed by atoms with Crippen LogP contribution in [0.2, 0.25) is 0 Å². The number of nitrogens with zero attached hydrogens (tertiary/aromatic N) is 1. The number of para-hydroxylation sites is 1. The third kappa shape index (κ3) is 3.63. The van der Waals surface area contributed by atoms with Crippen LogP contribution in [0.5, 0.6) is 11.5 Å². The Labute approximate surface area is 144 Å². The Balaban J connectivity index is 1.76. The van der Waals surface area contributed by atoms with E-state index >= 15 is 0 Å². The van der Waals surface area contributed by atoms with Crippen LogP contribution in [-0.2, 0) is 6.61 Å². The van der Waals surface area contributed by atoms with Gasteiger partial charge in [0.2, 0.25) is 5.89 Å². The zero-order valence-electron chi connectivity index (χ0n) is 13.9. The smallest absolute Gasteiger partial charge is 0.335 e. The number of hydrogen-bond acceptors (Lipinski definition) is 5. The Morgan fingerprint density at radius 3 is 2.56 bits per heavy atom. The number of ether oxygens (including phenoxy) is 2. The number of aromatic carboxylic acids is 1. The van der Waals surface area contributed by atoms with E-state index < -0.39 is 5.97 Å². The van der Waals surface area contributed by atoms with Gasteiger partial charge in [0, 0.05) is 0 Å². The topological polar surface area (TPSA) is 81.8 Å². The second kappa shape index (κ2) is 7.09. The SMILES string of the molecule is COc1ccccc1-c1nc(C)c(COc2ccc(C(=O)O)cc2)o1. The summed E-state index contributed by atoms with van der Waals surface area (Å²) in [5.74, 6) is 1.33. The van der Waals surface area contributed by atoms with Gasteiger partial charge >= 0.3 is 5.97 Å². The van der Waals surface area contributed by atoms with Crippen molar-refractivity contribution in [1.29, 1.82) is 0 Å². The van der Waals surface area contributed by atoms with Crippen molar-refractivity contribution < 1.29 is 23.8 Å². The number of rotatable bonds is 6. The van der Waals surface area contributed by atoms with Crippen molar-refractivity contribution in [3.8, 4) is 23.0 Å². The number of methoxy groups -OCH3 is 1. The van der Waals surface area contributed by atoms with Crippen LogP contribution in [0.4, 0.5) is 0 Å². The first-order valence-electron chi connectivity index (χ1n) is 7.64. The normalized spacial score (nSPS) is 10.5. The van der Waals surface area contributed by atoms with E-state index in [0.717, 1.165) is 11.3 Å². The van der Waals surface area contributed by atoms with Gasteiger partial charge in [-0.3, -0.25) is 0 Å². The fourth-order valence-electron chi connectivity index (χ4n) is 2.34. The lowest BCUT2D eigenvalue weighted by molar-refractivity contribution is 0.0697. The van der Waals surface area contributed by atoms with Gasteiger partial charge in [0.15, 0.2) is 5.76 Å². The fraction of sp³-hybridized carbons (Fsp3) is 0.158. The molecular formula is C19H17NO5. The molecule has 0 fully saturated rings. The van der Waals surface area contributed by atoms with E-state index in [1.165, 1.54) is 12.1 Å². The maximum Gasteiger partial charge on any atom is 0.335 e. The highest BCUT2D eigenvalue weighted by Crippen LogP contribution is 2.30. The number of carboxylic acids is 1. The summed E-state index contributed by atoms with van der Waals surface area (Å²) in [5.41, 5.74) is 1.70. The number of hydrogen-bond donors (Lipinski definition) is 1. The molecule has 3 aromatic rings. The molecule has 1 heterocycles. The quantitative estimate of drug-likeness (QED) is 0.732. The van der Waals surface area contributed by atoms with Gasteiger partial charge in [-0.1, -0.05) is 12.1 Å². The lowest BCUT2D eigenvalue weighted by Gasteiger charge is -2.05. The van der Waals surface area contributed by atoms with Crippen molar-refractivity contribution in [2.45, 2.75) is 13.5 Å². The zero-order valence-corrected chi connectivity index (χ0v) is 13.9. The number of benzene rings is 2. The maximum absolute atomic E-state index is 10.9. The first kappa shape index (κ1) is 16.6. The summed E-state index contributed by atoms with van der Waals surface area (Å²) in [5, 5.41) is 8.90. The van der Waals surface area contributed by atoms with Crippen LogP contribution in [0.15, 0.2) is 52.9 Å². The molecule has 0 aliphatic rings. The van der Waals surface area contributed by atoms with Gasteiger partial charge in [0.05, 0.1) is 23.9 Å². The van der Waals surface area contributed by atoms with E-state index in [9.17, 15) is 4.79 Å². The zero-order chi connectivity index (χ0) is 17.8. The van der Waals surface area contributed by atoms with Crippen LogP contribution < -0.4 is 9.47 Å². The summed E-state index contributed by atoms with van der Waals surface area (Å²) in [4.78, 5) is 15.3. The van der Waals surface area contributed by atoms with Gasteiger partial charge in [0.1, 0.15) is 18.1 Å². The van der Waals surface area contributed by atoms with E-state index in [0.29, 0.717) is 23.1 Å². The lowest BCUT2D eigenvalue weighted by atomic mass is 10.2. The summed E-state index contributed by atoms with van der Waals surface area (Å²) in [6.45, 7) is 2.04. The molecule has 25 heavy (non-hydrogen) atoms. The fourth-order valence-corrected chi connectivity index (χ4v) is 2.34. The summed E-state index contributed by atoms with van der Waals surface area (Å²) in [6, 6.07) is 13.7. The number of aromatic nitrogens is 1. The largest absolute Gasteiger partial charge is 0.496 e. The summed E-state index contributed by atoms with van der Waals surface area (Å²) in [6.07, 6.45) is 0. The van der Waals surface area contributed by atoms with Crippen LogP contribution in [0, 0.1) is 6.92 Å². The van der Waals surface area contributed by atoms with Crippen LogP contribution in [0.3, 0.4) is 0 Å². The van der Waals surface area contributed by atoms with Crippen molar-refractivity contribution in [2.24, 2.45) is 0 Å². The van der Waals surface area contributed by atoms with Crippen LogP contribution in [0.25, 0.3) is 11.5 Å². The van der Waals surface area contributed by atoms with Gasteiger partial charge in [-0.25, -0.2) is 9.78 Å². The van der Waals surface area contributed by atoms with E-state index in [1.54, 1.807) is 19.2 Å². The molecular weight excluding hydrogens is 322 g/mol. The van der Waals surface area contributed by atoms with E-state index in [1.807, 2.05) is 31.2 Å². The molecule has 6 nitrogen and oxygen atoms in total. The summed E-state index contributed by atoms with van der Waals surface area (Å²) in [7, 11) is 1.60. The van der Waals surface area contributed by atoms with Crippen LogP contribution >= 0.6 is 0 Å². The van der Waals surface area contributed by atoms with Crippen molar-refractivity contribution in [1.82, 2.24) is 4.98 Å². The highest BCUT2D eigenvalue weighted by atomic mass is 16.5. The molecule has 1 N–H and O–H groups in total. The molecule has 2 aromatic carbocycles. The van der Waals surface area contributed by atoms with Crippen molar-refractivity contribution in [2.75, 3.05) is 7.11 Å². The Hall–Kier alpha value is -3.28. The molecule has 0 amide bonds. The maximum atomic E-state index is 10.9. The average molecular weight is 339 g/mol. The average Bonchev–Trinajstić information content (AvgIpc) is 3.01. The molecule has 0 unspecified atom stereocenters. The number of carboxylic acid groups (broad SMARTS) is 1. The Bertz CT molecular complexity index is 883. The monoisotopic (exact) mass is 339 g/mol. The number of aryl methyl sites for hydroxylation is 1. The molecule has 0 radical (unpaired) electrons. The number of oxazole rings is 1. The first-order valence-corrected chi connectivity index (χ1v) is 7.64. The third-order valence-corrected chi connectivity index (χ3v) is 3.70. The third-order valence-electron chi connectivity index (χ3n) is 3.70.